The Balaban J connectivity index is 1.91. The van der Waals surface area contributed by atoms with Crippen LogP contribution in [0.15, 0.2) is 41.0 Å². The molecule has 0 aliphatic rings. The molecular weight excluding hydrogens is 310 g/mol. The Morgan fingerprint density at radius 3 is 2.82 bits per heavy atom. The van der Waals surface area contributed by atoms with Crippen molar-refractivity contribution < 1.29 is 23.8 Å². The Bertz CT molecular complexity index is 669. The maximum Gasteiger partial charge on any atom is 0.342 e. The van der Waals surface area contributed by atoms with Gasteiger partial charge in [-0.25, -0.2) is 4.79 Å². The summed E-state index contributed by atoms with van der Waals surface area (Å²) in [5.74, 6) is -1.00. The van der Waals surface area contributed by atoms with E-state index in [9.17, 15) is 14.7 Å². The Morgan fingerprint density at radius 2 is 2.18 bits per heavy atom. The lowest BCUT2D eigenvalue weighted by Gasteiger charge is -2.13. The monoisotopic (exact) mass is 323 g/mol. The van der Waals surface area contributed by atoms with Crippen molar-refractivity contribution in [2.24, 2.45) is 0 Å². The van der Waals surface area contributed by atoms with Gasteiger partial charge in [0, 0.05) is 5.02 Å². The number of amides is 1. The first-order valence-electron chi connectivity index (χ1n) is 6.47. The molecule has 0 spiro atoms. The number of halogens is 1. The Labute approximate surface area is 131 Å². The van der Waals surface area contributed by atoms with Crippen molar-refractivity contribution in [3.63, 3.8) is 0 Å². The average molecular weight is 324 g/mol. The third-order valence-electron chi connectivity index (χ3n) is 2.85. The molecule has 1 atom stereocenters. The minimum atomic E-state index is -1.02. The molecule has 0 aliphatic heterocycles. The zero-order chi connectivity index (χ0) is 16.1. The third kappa shape index (κ3) is 4.02. The minimum absolute atomic E-state index is 0.0601. The van der Waals surface area contributed by atoms with Crippen LogP contribution in [0.4, 0.5) is 0 Å². The standard InChI is InChI=1S/C15H14ClNO5/c1-9(14(19)17-8-11-3-2-6-21-11)22-15(20)12-5-4-10(16)7-13(12)18/h2-7,9,18H,8H2,1H3,(H,17,19)/t9-/m1/s1. The van der Waals surface area contributed by atoms with Crippen LogP contribution in [-0.2, 0) is 16.1 Å². The van der Waals surface area contributed by atoms with Gasteiger partial charge in [-0.2, -0.15) is 0 Å². The molecule has 0 radical (unpaired) electrons. The first-order valence-corrected chi connectivity index (χ1v) is 6.84. The van der Waals surface area contributed by atoms with Gasteiger partial charge in [0.1, 0.15) is 17.1 Å². The molecule has 0 unspecified atom stereocenters. The van der Waals surface area contributed by atoms with Gasteiger partial charge in [-0.3, -0.25) is 4.79 Å². The van der Waals surface area contributed by atoms with Crippen LogP contribution >= 0.6 is 11.6 Å². The number of esters is 1. The van der Waals surface area contributed by atoms with E-state index in [2.05, 4.69) is 5.32 Å². The number of hydrogen-bond acceptors (Lipinski definition) is 5. The predicted octanol–water partition coefficient (Wildman–Crippen LogP) is 2.50. The molecule has 2 N–H and O–H groups in total. The molecule has 1 heterocycles. The molecule has 2 rings (SSSR count). The van der Waals surface area contributed by atoms with Gasteiger partial charge in [0.2, 0.25) is 0 Å². The molecular formula is C15H14ClNO5. The van der Waals surface area contributed by atoms with Gasteiger partial charge in [0.25, 0.3) is 5.91 Å². The largest absolute Gasteiger partial charge is 0.507 e. The molecule has 0 saturated carbocycles. The zero-order valence-corrected chi connectivity index (χ0v) is 12.5. The molecule has 22 heavy (non-hydrogen) atoms. The van der Waals surface area contributed by atoms with E-state index in [1.807, 2.05) is 0 Å². The quantitative estimate of drug-likeness (QED) is 0.825. The molecule has 116 valence electrons. The number of carbonyl (C=O) groups excluding carboxylic acids is 2. The highest BCUT2D eigenvalue weighted by molar-refractivity contribution is 6.30. The van der Waals surface area contributed by atoms with Crippen LogP contribution in [0.25, 0.3) is 0 Å². The lowest BCUT2D eigenvalue weighted by molar-refractivity contribution is -0.129. The van der Waals surface area contributed by atoms with E-state index in [-0.39, 0.29) is 17.9 Å². The number of ether oxygens (including phenoxy) is 1. The second-order valence-corrected chi connectivity index (χ2v) is 4.94. The number of phenols is 1. The highest BCUT2D eigenvalue weighted by atomic mass is 35.5. The van der Waals surface area contributed by atoms with Gasteiger partial charge in [0.05, 0.1) is 12.8 Å². The van der Waals surface area contributed by atoms with Gasteiger partial charge >= 0.3 is 5.97 Å². The maximum absolute atomic E-state index is 11.9. The van der Waals surface area contributed by atoms with E-state index in [0.29, 0.717) is 10.8 Å². The number of furan rings is 1. The average Bonchev–Trinajstić information content (AvgIpc) is 2.97. The van der Waals surface area contributed by atoms with Crippen molar-refractivity contribution in [3.8, 4) is 5.75 Å². The lowest BCUT2D eigenvalue weighted by Crippen LogP contribution is -2.35. The van der Waals surface area contributed by atoms with Crippen LogP contribution in [-0.4, -0.2) is 23.1 Å². The Kier molecular flexibility index (Phi) is 5.06. The van der Waals surface area contributed by atoms with Crippen LogP contribution < -0.4 is 5.32 Å². The fourth-order valence-electron chi connectivity index (χ4n) is 1.69. The summed E-state index contributed by atoms with van der Waals surface area (Å²) in [5.41, 5.74) is -0.0601. The van der Waals surface area contributed by atoms with Crippen LogP contribution in [0.1, 0.15) is 23.0 Å². The summed E-state index contributed by atoms with van der Waals surface area (Å²) < 4.78 is 10.1. The van der Waals surface area contributed by atoms with E-state index >= 15 is 0 Å². The fourth-order valence-corrected chi connectivity index (χ4v) is 1.85. The van der Waals surface area contributed by atoms with E-state index in [1.165, 1.54) is 31.4 Å². The van der Waals surface area contributed by atoms with Gasteiger partial charge in [-0.15, -0.1) is 0 Å². The molecule has 1 amide bonds. The molecule has 7 heteroatoms. The summed E-state index contributed by atoms with van der Waals surface area (Å²) in [7, 11) is 0. The Hall–Kier alpha value is -2.47. The van der Waals surface area contributed by atoms with Crippen LogP contribution in [0.3, 0.4) is 0 Å². The number of phenolic OH excluding ortho intramolecular Hbond substituents is 1. The molecule has 1 aromatic carbocycles. The van der Waals surface area contributed by atoms with Gasteiger partial charge in [-0.05, 0) is 37.3 Å². The number of nitrogens with one attached hydrogen (secondary N) is 1. The number of hydrogen-bond donors (Lipinski definition) is 2. The number of aromatic hydroxyl groups is 1. The topological polar surface area (TPSA) is 88.8 Å². The first kappa shape index (κ1) is 15.9. The normalized spacial score (nSPS) is 11.7. The summed E-state index contributed by atoms with van der Waals surface area (Å²) in [6.45, 7) is 1.63. The van der Waals surface area contributed by atoms with E-state index in [1.54, 1.807) is 12.1 Å². The number of benzene rings is 1. The molecule has 0 fully saturated rings. The van der Waals surface area contributed by atoms with Crippen molar-refractivity contribution in [3.05, 3.63) is 52.9 Å². The van der Waals surface area contributed by atoms with Crippen molar-refractivity contribution in [2.75, 3.05) is 0 Å². The molecule has 2 aromatic rings. The summed E-state index contributed by atoms with van der Waals surface area (Å²) in [6, 6.07) is 7.41. The SMILES string of the molecule is C[C@@H](OC(=O)c1ccc(Cl)cc1O)C(=O)NCc1ccco1. The van der Waals surface area contributed by atoms with Crippen molar-refractivity contribution in [2.45, 2.75) is 19.6 Å². The minimum Gasteiger partial charge on any atom is -0.507 e. The van der Waals surface area contributed by atoms with Crippen LogP contribution in [0, 0.1) is 0 Å². The predicted molar refractivity (Wildman–Crippen MR) is 78.5 cm³/mol. The molecule has 0 bridgehead atoms. The fraction of sp³-hybridized carbons (Fsp3) is 0.200. The number of carbonyl (C=O) groups is 2. The van der Waals surface area contributed by atoms with E-state index in [0.717, 1.165) is 0 Å². The van der Waals surface area contributed by atoms with Gasteiger partial charge < -0.3 is 19.6 Å². The smallest absolute Gasteiger partial charge is 0.342 e. The second-order valence-electron chi connectivity index (χ2n) is 4.51. The highest BCUT2D eigenvalue weighted by Crippen LogP contribution is 2.22. The summed E-state index contributed by atoms with van der Waals surface area (Å²) >= 11 is 5.68. The van der Waals surface area contributed by atoms with Crippen molar-refractivity contribution in [1.82, 2.24) is 5.32 Å². The van der Waals surface area contributed by atoms with Crippen molar-refractivity contribution >= 4 is 23.5 Å². The zero-order valence-electron chi connectivity index (χ0n) is 11.7. The van der Waals surface area contributed by atoms with Gasteiger partial charge in [0.15, 0.2) is 6.10 Å². The lowest BCUT2D eigenvalue weighted by atomic mass is 10.2. The summed E-state index contributed by atoms with van der Waals surface area (Å²) in [6.07, 6.45) is 0.478. The molecule has 6 nitrogen and oxygen atoms in total. The molecule has 0 aliphatic carbocycles. The summed E-state index contributed by atoms with van der Waals surface area (Å²) in [4.78, 5) is 23.7. The van der Waals surface area contributed by atoms with Gasteiger partial charge in [-0.1, -0.05) is 11.6 Å². The number of rotatable bonds is 5. The molecule has 1 aromatic heterocycles. The molecule has 0 saturated heterocycles. The van der Waals surface area contributed by atoms with E-state index in [4.69, 9.17) is 20.8 Å². The van der Waals surface area contributed by atoms with Crippen LogP contribution in [0.2, 0.25) is 5.02 Å². The highest BCUT2D eigenvalue weighted by Gasteiger charge is 2.21. The maximum atomic E-state index is 11.9. The first-order chi connectivity index (χ1) is 10.5. The van der Waals surface area contributed by atoms with Crippen LogP contribution in [0.5, 0.6) is 5.75 Å². The Morgan fingerprint density at radius 1 is 1.41 bits per heavy atom. The second kappa shape index (κ2) is 7.00. The van der Waals surface area contributed by atoms with Crippen molar-refractivity contribution in [1.29, 1.82) is 0 Å². The summed E-state index contributed by atoms with van der Waals surface area (Å²) in [5, 5.41) is 12.5. The van der Waals surface area contributed by atoms with E-state index < -0.39 is 18.0 Å². The third-order valence-corrected chi connectivity index (χ3v) is 3.08.